The van der Waals surface area contributed by atoms with E-state index in [1.165, 1.54) is 5.56 Å². The minimum absolute atomic E-state index is 0.182. The molecule has 0 radical (unpaired) electrons. The van der Waals surface area contributed by atoms with Gasteiger partial charge in [0.1, 0.15) is 0 Å². The van der Waals surface area contributed by atoms with Gasteiger partial charge in [0.25, 0.3) is 0 Å². The SMILES string of the molecule is COCCc1ccccc1NC(N)=NC(C)(C)C. The second-order valence-corrected chi connectivity index (χ2v) is 5.19. The first-order valence-electron chi connectivity index (χ1n) is 6.11. The molecule has 1 aromatic carbocycles. The quantitative estimate of drug-likeness (QED) is 0.636. The molecule has 0 unspecified atom stereocenters. The van der Waals surface area contributed by atoms with E-state index < -0.39 is 0 Å². The maximum atomic E-state index is 5.90. The summed E-state index contributed by atoms with van der Waals surface area (Å²) in [6, 6.07) is 8.04. The normalized spacial score (nSPS) is 12.6. The highest BCUT2D eigenvalue weighted by Crippen LogP contribution is 2.16. The number of hydrogen-bond acceptors (Lipinski definition) is 2. The summed E-state index contributed by atoms with van der Waals surface area (Å²) in [5.74, 6) is 0.437. The van der Waals surface area contributed by atoms with E-state index in [0.717, 1.165) is 12.1 Å². The summed E-state index contributed by atoms with van der Waals surface area (Å²) in [4.78, 5) is 4.38. The lowest BCUT2D eigenvalue weighted by Gasteiger charge is -2.16. The molecule has 0 amide bonds. The molecule has 0 fully saturated rings. The Morgan fingerprint density at radius 2 is 2.00 bits per heavy atom. The Bertz CT molecular complexity index is 408. The Morgan fingerprint density at radius 1 is 1.33 bits per heavy atom. The lowest BCUT2D eigenvalue weighted by atomic mass is 10.1. The average molecular weight is 249 g/mol. The number of hydrogen-bond donors (Lipinski definition) is 2. The fourth-order valence-corrected chi connectivity index (χ4v) is 1.60. The van der Waals surface area contributed by atoms with E-state index >= 15 is 0 Å². The molecule has 0 aliphatic heterocycles. The maximum absolute atomic E-state index is 5.90. The maximum Gasteiger partial charge on any atom is 0.193 e. The molecule has 0 heterocycles. The molecule has 0 atom stereocenters. The zero-order valence-corrected chi connectivity index (χ0v) is 11.7. The van der Waals surface area contributed by atoms with Crippen molar-refractivity contribution in [3.05, 3.63) is 29.8 Å². The second kappa shape index (κ2) is 6.40. The van der Waals surface area contributed by atoms with Crippen LogP contribution in [0.15, 0.2) is 29.3 Å². The molecule has 0 aromatic heterocycles. The third kappa shape index (κ3) is 5.19. The Balaban J connectivity index is 2.80. The van der Waals surface area contributed by atoms with Gasteiger partial charge in [0.2, 0.25) is 0 Å². The van der Waals surface area contributed by atoms with Crippen molar-refractivity contribution in [2.45, 2.75) is 32.7 Å². The first kappa shape index (κ1) is 14.5. The van der Waals surface area contributed by atoms with Crippen LogP contribution in [0.3, 0.4) is 0 Å². The molecule has 100 valence electrons. The molecule has 1 aromatic rings. The number of ether oxygens (including phenoxy) is 1. The first-order valence-corrected chi connectivity index (χ1v) is 6.11. The highest BCUT2D eigenvalue weighted by molar-refractivity contribution is 5.93. The number of nitrogens with two attached hydrogens (primary N) is 1. The molecule has 0 aliphatic carbocycles. The molecule has 0 bridgehead atoms. The molecule has 0 saturated carbocycles. The third-order valence-corrected chi connectivity index (χ3v) is 2.31. The number of nitrogens with zero attached hydrogens (tertiary/aromatic N) is 1. The van der Waals surface area contributed by atoms with Gasteiger partial charge in [0.15, 0.2) is 5.96 Å². The highest BCUT2D eigenvalue weighted by Gasteiger charge is 2.09. The van der Waals surface area contributed by atoms with E-state index in [0.29, 0.717) is 12.6 Å². The molecule has 0 aliphatic rings. The van der Waals surface area contributed by atoms with Crippen molar-refractivity contribution in [2.75, 3.05) is 19.0 Å². The summed E-state index contributed by atoms with van der Waals surface area (Å²) in [5.41, 5.74) is 7.87. The predicted octanol–water partition coefficient (Wildman–Crippen LogP) is 2.40. The smallest absolute Gasteiger partial charge is 0.193 e. The van der Waals surface area contributed by atoms with Crippen molar-refractivity contribution >= 4 is 11.6 Å². The van der Waals surface area contributed by atoms with Gasteiger partial charge in [-0.15, -0.1) is 0 Å². The molecule has 1 rings (SSSR count). The van der Waals surface area contributed by atoms with E-state index in [9.17, 15) is 0 Å². The van der Waals surface area contributed by atoms with Gasteiger partial charge >= 0.3 is 0 Å². The third-order valence-electron chi connectivity index (χ3n) is 2.31. The average Bonchev–Trinajstić information content (AvgIpc) is 2.25. The van der Waals surface area contributed by atoms with Crippen LogP contribution in [0.25, 0.3) is 0 Å². The van der Waals surface area contributed by atoms with Crippen LogP contribution in [0.1, 0.15) is 26.3 Å². The monoisotopic (exact) mass is 249 g/mol. The minimum Gasteiger partial charge on any atom is -0.384 e. The van der Waals surface area contributed by atoms with Gasteiger partial charge in [-0.2, -0.15) is 0 Å². The molecular formula is C14H23N3O. The molecule has 3 N–H and O–H groups in total. The van der Waals surface area contributed by atoms with Crippen molar-refractivity contribution < 1.29 is 4.74 Å². The fraction of sp³-hybridized carbons (Fsp3) is 0.500. The number of methoxy groups -OCH3 is 1. The van der Waals surface area contributed by atoms with Crippen molar-refractivity contribution in [1.82, 2.24) is 0 Å². The van der Waals surface area contributed by atoms with Crippen LogP contribution in [0.5, 0.6) is 0 Å². The van der Waals surface area contributed by atoms with Crippen LogP contribution >= 0.6 is 0 Å². The fourth-order valence-electron chi connectivity index (χ4n) is 1.60. The van der Waals surface area contributed by atoms with E-state index in [2.05, 4.69) is 16.4 Å². The Hall–Kier alpha value is -1.55. The number of rotatable bonds is 4. The first-order chi connectivity index (χ1) is 8.42. The van der Waals surface area contributed by atoms with E-state index in [1.54, 1.807) is 7.11 Å². The van der Waals surface area contributed by atoms with Crippen molar-refractivity contribution in [1.29, 1.82) is 0 Å². The molecule has 0 saturated heterocycles. The van der Waals surface area contributed by atoms with Crippen LogP contribution in [0.2, 0.25) is 0 Å². The summed E-state index contributed by atoms with van der Waals surface area (Å²) in [7, 11) is 1.70. The molecule has 4 nitrogen and oxygen atoms in total. The number of nitrogens with one attached hydrogen (secondary N) is 1. The number of benzene rings is 1. The minimum atomic E-state index is -0.182. The van der Waals surface area contributed by atoms with Crippen LogP contribution in [-0.4, -0.2) is 25.2 Å². The van der Waals surface area contributed by atoms with E-state index in [4.69, 9.17) is 10.5 Å². The van der Waals surface area contributed by atoms with Gasteiger partial charge in [-0.25, -0.2) is 4.99 Å². The summed E-state index contributed by atoms with van der Waals surface area (Å²) in [6.07, 6.45) is 0.850. The summed E-state index contributed by atoms with van der Waals surface area (Å²) < 4.78 is 5.10. The lowest BCUT2D eigenvalue weighted by molar-refractivity contribution is 0.202. The summed E-state index contributed by atoms with van der Waals surface area (Å²) in [6.45, 7) is 6.73. The number of para-hydroxylation sites is 1. The van der Waals surface area contributed by atoms with Crippen LogP contribution in [0, 0.1) is 0 Å². The van der Waals surface area contributed by atoms with Crippen molar-refractivity contribution in [3.63, 3.8) is 0 Å². The Kier molecular flexibility index (Phi) is 5.16. The summed E-state index contributed by atoms with van der Waals surface area (Å²) >= 11 is 0. The number of anilines is 1. The highest BCUT2D eigenvalue weighted by atomic mass is 16.5. The van der Waals surface area contributed by atoms with Gasteiger partial charge in [-0.1, -0.05) is 18.2 Å². The Labute approximate surface area is 109 Å². The van der Waals surface area contributed by atoms with Gasteiger partial charge < -0.3 is 15.8 Å². The van der Waals surface area contributed by atoms with Crippen LogP contribution < -0.4 is 11.1 Å². The molecular weight excluding hydrogens is 226 g/mol. The standard InChI is InChI=1S/C14H23N3O/c1-14(2,3)17-13(15)16-12-8-6-5-7-11(12)9-10-18-4/h5-8H,9-10H2,1-4H3,(H3,15,16,17). The van der Waals surface area contributed by atoms with Gasteiger partial charge in [0.05, 0.1) is 12.1 Å². The van der Waals surface area contributed by atoms with Gasteiger partial charge in [0, 0.05) is 12.8 Å². The van der Waals surface area contributed by atoms with Gasteiger partial charge in [-0.3, -0.25) is 0 Å². The van der Waals surface area contributed by atoms with Crippen LogP contribution in [-0.2, 0) is 11.2 Å². The number of aliphatic imine (C=N–C) groups is 1. The lowest BCUT2D eigenvalue weighted by Crippen LogP contribution is -2.27. The van der Waals surface area contributed by atoms with Crippen molar-refractivity contribution in [3.8, 4) is 0 Å². The predicted molar refractivity (Wildman–Crippen MR) is 77.0 cm³/mol. The Morgan fingerprint density at radius 3 is 2.61 bits per heavy atom. The zero-order chi connectivity index (χ0) is 13.6. The second-order valence-electron chi connectivity index (χ2n) is 5.19. The molecule has 0 spiro atoms. The largest absolute Gasteiger partial charge is 0.384 e. The summed E-state index contributed by atoms with van der Waals surface area (Å²) in [5, 5.41) is 3.15. The van der Waals surface area contributed by atoms with Gasteiger partial charge in [-0.05, 0) is 38.8 Å². The molecule has 18 heavy (non-hydrogen) atoms. The molecule has 4 heteroatoms. The van der Waals surface area contributed by atoms with Crippen molar-refractivity contribution in [2.24, 2.45) is 10.7 Å². The zero-order valence-electron chi connectivity index (χ0n) is 11.7. The topological polar surface area (TPSA) is 59.6 Å². The van der Waals surface area contributed by atoms with E-state index in [1.807, 2.05) is 39.0 Å². The number of guanidine groups is 1. The van der Waals surface area contributed by atoms with Crippen LogP contribution in [0.4, 0.5) is 5.69 Å². The van der Waals surface area contributed by atoms with E-state index in [-0.39, 0.29) is 5.54 Å².